The van der Waals surface area contributed by atoms with Gasteiger partial charge in [-0.1, -0.05) is 42.5 Å². The van der Waals surface area contributed by atoms with E-state index in [1.54, 1.807) is 30.3 Å². The van der Waals surface area contributed by atoms with Gasteiger partial charge in [-0.25, -0.2) is 8.42 Å². The van der Waals surface area contributed by atoms with E-state index < -0.39 is 20.2 Å². The van der Waals surface area contributed by atoms with Crippen LogP contribution in [-0.2, 0) is 16.4 Å². The van der Waals surface area contributed by atoms with Crippen LogP contribution in [0.3, 0.4) is 0 Å². The van der Waals surface area contributed by atoms with Crippen LogP contribution in [0.15, 0.2) is 59.5 Å². The average Bonchev–Trinajstić information content (AvgIpc) is 2.54. The van der Waals surface area contributed by atoms with E-state index in [2.05, 4.69) is 0 Å². The fourth-order valence-corrected chi connectivity index (χ4v) is 3.26. The van der Waals surface area contributed by atoms with E-state index in [-0.39, 0.29) is 25.4 Å². The van der Waals surface area contributed by atoms with E-state index in [1.165, 1.54) is 23.1 Å². The minimum Gasteiger partial charge on any atom is -0.395 e. The molecule has 0 unspecified atom stereocenters. The van der Waals surface area contributed by atoms with E-state index in [4.69, 9.17) is 0 Å². The van der Waals surface area contributed by atoms with E-state index in [0.29, 0.717) is 0 Å². The summed E-state index contributed by atoms with van der Waals surface area (Å²) in [6.07, 6.45) is 0. The molecule has 0 atom stereocenters. The van der Waals surface area contributed by atoms with Gasteiger partial charge in [0.1, 0.15) is 0 Å². The Labute approximate surface area is 138 Å². The zero-order chi connectivity index (χ0) is 17.8. The highest BCUT2D eigenvalue weighted by Gasteiger charge is 2.48. The molecule has 4 nitrogen and oxygen atoms in total. The molecule has 1 N–H and O–H groups in total. The molecule has 0 saturated heterocycles. The zero-order valence-electron chi connectivity index (χ0n) is 12.6. The Hall–Kier alpha value is -2.06. The summed E-state index contributed by atoms with van der Waals surface area (Å²) in [7, 11) is -5.49. The molecule has 2 rings (SSSR count). The molecule has 0 fully saturated rings. The normalized spacial score (nSPS) is 12.2. The van der Waals surface area contributed by atoms with Crippen molar-refractivity contribution in [1.82, 2.24) is 0 Å². The number of aliphatic hydroxyl groups is 1. The van der Waals surface area contributed by atoms with E-state index in [9.17, 15) is 26.7 Å². The van der Waals surface area contributed by atoms with Crippen LogP contribution in [-0.4, -0.2) is 32.2 Å². The maximum atomic E-state index is 12.9. The van der Waals surface area contributed by atoms with Crippen LogP contribution in [0.2, 0.25) is 0 Å². The highest BCUT2D eigenvalue weighted by molar-refractivity contribution is 7.92. The number of alkyl halides is 3. The fourth-order valence-electron chi connectivity index (χ4n) is 2.28. The molecule has 8 heteroatoms. The van der Waals surface area contributed by atoms with Gasteiger partial charge in [0.2, 0.25) is 0 Å². The van der Waals surface area contributed by atoms with Gasteiger partial charge in [-0.15, -0.1) is 0 Å². The molecule has 24 heavy (non-hydrogen) atoms. The van der Waals surface area contributed by atoms with E-state index in [0.717, 1.165) is 11.6 Å². The van der Waals surface area contributed by atoms with Crippen molar-refractivity contribution >= 4 is 15.5 Å². The largest absolute Gasteiger partial charge is 0.501 e. The Morgan fingerprint density at radius 1 is 0.958 bits per heavy atom. The Morgan fingerprint density at radius 2 is 1.54 bits per heavy atom. The van der Waals surface area contributed by atoms with Crippen molar-refractivity contribution in [3.63, 3.8) is 0 Å². The molecule has 2 aromatic carbocycles. The Kier molecular flexibility index (Phi) is 5.51. The fraction of sp³-hybridized carbons (Fsp3) is 0.250. The predicted octanol–water partition coefficient (Wildman–Crippen LogP) is 2.98. The number of rotatable bonds is 6. The quantitative estimate of drug-likeness (QED) is 0.862. The summed E-state index contributed by atoms with van der Waals surface area (Å²) >= 11 is 0. The molecule has 2 aromatic rings. The molecule has 0 aliphatic carbocycles. The van der Waals surface area contributed by atoms with Crippen molar-refractivity contribution in [1.29, 1.82) is 0 Å². The van der Waals surface area contributed by atoms with Gasteiger partial charge >= 0.3 is 5.51 Å². The van der Waals surface area contributed by atoms with Crippen LogP contribution >= 0.6 is 0 Å². The standard InChI is InChI=1S/C16H16F3NO3S/c17-16(18,19)24(22,23)15-9-5-4-8-14(15)20(10-11-21)12-13-6-2-1-3-7-13/h1-9,21H,10-12H2. The monoisotopic (exact) mass is 359 g/mol. The second-order valence-electron chi connectivity index (χ2n) is 5.05. The number of para-hydroxylation sites is 1. The number of aliphatic hydroxyl groups excluding tert-OH is 1. The lowest BCUT2D eigenvalue weighted by Crippen LogP contribution is -2.30. The minimum atomic E-state index is -5.49. The van der Waals surface area contributed by atoms with Crippen LogP contribution in [0.1, 0.15) is 5.56 Å². The number of benzene rings is 2. The number of nitrogens with zero attached hydrogens (tertiary/aromatic N) is 1. The molecule has 0 heterocycles. The van der Waals surface area contributed by atoms with Crippen molar-refractivity contribution in [3.05, 3.63) is 60.2 Å². The molecule has 0 aromatic heterocycles. The van der Waals surface area contributed by atoms with Gasteiger partial charge in [0.15, 0.2) is 0 Å². The van der Waals surface area contributed by atoms with Gasteiger partial charge < -0.3 is 10.0 Å². The summed E-state index contributed by atoms with van der Waals surface area (Å²) < 4.78 is 62.4. The third-order valence-electron chi connectivity index (χ3n) is 3.39. The van der Waals surface area contributed by atoms with Crippen LogP contribution in [0.5, 0.6) is 0 Å². The van der Waals surface area contributed by atoms with Crippen molar-refractivity contribution in [3.8, 4) is 0 Å². The molecule has 0 amide bonds. The summed E-state index contributed by atoms with van der Waals surface area (Å²) in [5.74, 6) is 0. The van der Waals surface area contributed by atoms with Crippen LogP contribution in [0, 0.1) is 0 Å². The summed E-state index contributed by atoms with van der Waals surface area (Å²) in [5, 5.41) is 9.22. The third kappa shape index (κ3) is 3.88. The van der Waals surface area contributed by atoms with Crippen LogP contribution in [0.25, 0.3) is 0 Å². The lowest BCUT2D eigenvalue weighted by atomic mass is 10.2. The summed E-state index contributed by atoms with van der Waals surface area (Å²) in [6.45, 7) is -0.154. The van der Waals surface area contributed by atoms with Gasteiger partial charge in [0, 0.05) is 13.1 Å². The number of halogens is 3. The highest BCUT2D eigenvalue weighted by atomic mass is 32.2. The van der Waals surface area contributed by atoms with Gasteiger partial charge in [-0.2, -0.15) is 13.2 Å². The van der Waals surface area contributed by atoms with Crippen LogP contribution in [0.4, 0.5) is 18.9 Å². The van der Waals surface area contributed by atoms with E-state index >= 15 is 0 Å². The van der Waals surface area contributed by atoms with Crippen LogP contribution < -0.4 is 4.90 Å². The summed E-state index contributed by atoms with van der Waals surface area (Å²) in [5.41, 5.74) is -4.70. The van der Waals surface area contributed by atoms with E-state index in [1.807, 2.05) is 0 Å². The minimum absolute atomic E-state index is 0.000710. The summed E-state index contributed by atoms with van der Waals surface area (Å²) in [6, 6.07) is 13.8. The van der Waals surface area contributed by atoms with Gasteiger partial charge in [0.05, 0.1) is 17.2 Å². The smallest absolute Gasteiger partial charge is 0.395 e. The maximum Gasteiger partial charge on any atom is 0.501 e. The SMILES string of the molecule is O=S(=O)(c1ccccc1N(CCO)Cc1ccccc1)C(F)(F)F. The number of hydrogen-bond donors (Lipinski definition) is 1. The second-order valence-corrected chi connectivity index (χ2v) is 6.96. The lowest BCUT2D eigenvalue weighted by molar-refractivity contribution is -0.0435. The Balaban J connectivity index is 2.49. The predicted molar refractivity (Wildman–Crippen MR) is 84.3 cm³/mol. The van der Waals surface area contributed by atoms with Gasteiger partial charge in [-0.05, 0) is 17.7 Å². The first-order valence-corrected chi connectivity index (χ1v) is 8.56. The molecule has 0 saturated carbocycles. The van der Waals surface area contributed by atoms with Crippen molar-refractivity contribution in [2.24, 2.45) is 0 Å². The first kappa shape index (κ1) is 18.3. The summed E-state index contributed by atoms with van der Waals surface area (Å²) in [4.78, 5) is 0.593. The number of sulfone groups is 1. The molecule has 130 valence electrons. The van der Waals surface area contributed by atoms with Gasteiger partial charge in [-0.3, -0.25) is 0 Å². The molecule has 0 bridgehead atoms. The maximum absolute atomic E-state index is 12.9. The molecule has 0 radical (unpaired) electrons. The molecule has 0 aliphatic rings. The average molecular weight is 359 g/mol. The molecular weight excluding hydrogens is 343 g/mol. The highest BCUT2D eigenvalue weighted by Crippen LogP contribution is 2.36. The first-order chi connectivity index (χ1) is 11.3. The van der Waals surface area contributed by atoms with Crippen molar-refractivity contribution in [2.75, 3.05) is 18.1 Å². The van der Waals surface area contributed by atoms with Gasteiger partial charge in [0.25, 0.3) is 9.84 Å². The van der Waals surface area contributed by atoms with Crippen molar-refractivity contribution < 1.29 is 26.7 Å². The molecular formula is C16H16F3NO3S. The topological polar surface area (TPSA) is 57.6 Å². The molecule has 0 spiro atoms. The Morgan fingerprint density at radius 3 is 2.12 bits per heavy atom. The Bertz CT molecular complexity index is 777. The number of anilines is 1. The number of hydrogen-bond acceptors (Lipinski definition) is 4. The second kappa shape index (κ2) is 7.23. The first-order valence-electron chi connectivity index (χ1n) is 7.07. The van der Waals surface area contributed by atoms with Crippen molar-refractivity contribution in [2.45, 2.75) is 16.9 Å². The third-order valence-corrected chi connectivity index (χ3v) is 4.92. The lowest BCUT2D eigenvalue weighted by Gasteiger charge is -2.26. The molecule has 0 aliphatic heterocycles. The zero-order valence-corrected chi connectivity index (χ0v) is 13.4.